The molecule has 0 radical (unpaired) electrons. The fourth-order valence-electron chi connectivity index (χ4n) is 0.833. The first-order chi connectivity index (χ1) is 6.09. The zero-order valence-corrected chi connectivity index (χ0v) is 7.40. The van der Waals surface area contributed by atoms with E-state index in [1.165, 1.54) is 32.3 Å². The summed E-state index contributed by atoms with van der Waals surface area (Å²) in [5.41, 5.74) is 0.429. The van der Waals surface area contributed by atoms with Crippen LogP contribution in [0.3, 0.4) is 0 Å². The molecule has 0 saturated carbocycles. The lowest BCUT2D eigenvalue weighted by molar-refractivity contribution is -0.131. The van der Waals surface area contributed by atoms with Crippen molar-refractivity contribution in [3.63, 3.8) is 0 Å². The first-order valence-electron chi connectivity index (χ1n) is 3.74. The highest BCUT2D eigenvalue weighted by atomic mass is 16.5. The Morgan fingerprint density at radius 1 is 1.31 bits per heavy atom. The van der Waals surface area contributed by atoms with E-state index in [-0.39, 0.29) is 5.78 Å². The molecule has 4 nitrogen and oxygen atoms in total. The second-order valence-electron chi connectivity index (χ2n) is 2.56. The number of esters is 1. The lowest BCUT2D eigenvalue weighted by Crippen LogP contribution is -2.03. The molecular weight excluding hydrogens is 170 g/mol. The Morgan fingerprint density at radius 3 is 2.54 bits per heavy atom. The summed E-state index contributed by atoms with van der Waals surface area (Å²) in [7, 11) is 0. The van der Waals surface area contributed by atoms with E-state index in [9.17, 15) is 9.59 Å². The van der Waals surface area contributed by atoms with E-state index in [0.717, 1.165) is 0 Å². The van der Waals surface area contributed by atoms with E-state index >= 15 is 0 Å². The highest BCUT2D eigenvalue weighted by Crippen LogP contribution is 2.11. The van der Waals surface area contributed by atoms with Crippen LogP contribution in [0.4, 0.5) is 0 Å². The van der Waals surface area contributed by atoms with Gasteiger partial charge >= 0.3 is 5.97 Å². The van der Waals surface area contributed by atoms with Crippen molar-refractivity contribution in [1.82, 2.24) is 4.98 Å². The van der Waals surface area contributed by atoms with Gasteiger partial charge in [0.15, 0.2) is 5.78 Å². The lowest BCUT2D eigenvalue weighted by atomic mass is 10.2. The highest BCUT2D eigenvalue weighted by molar-refractivity contribution is 5.94. The van der Waals surface area contributed by atoms with Crippen LogP contribution < -0.4 is 4.74 Å². The second kappa shape index (κ2) is 3.80. The molecule has 0 atom stereocenters. The van der Waals surface area contributed by atoms with Crippen molar-refractivity contribution in [2.75, 3.05) is 0 Å². The van der Waals surface area contributed by atoms with Gasteiger partial charge < -0.3 is 4.74 Å². The van der Waals surface area contributed by atoms with Crippen LogP contribution in [0.1, 0.15) is 24.2 Å². The molecule has 0 bridgehead atoms. The fourth-order valence-corrected chi connectivity index (χ4v) is 0.833. The quantitative estimate of drug-likeness (QED) is 0.505. The van der Waals surface area contributed by atoms with Crippen molar-refractivity contribution in [3.05, 3.63) is 24.0 Å². The molecule has 0 aliphatic carbocycles. The molecule has 68 valence electrons. The van der Waals surface area contributed by atoms with E-state index in [2.05, 4.69) is 4.98 Å². The maximum absolute atomic E-state index is 10.9. The Kier molecular flexibility index (Phi) is 2.74. The van der Waals surface area contributed by atoms with Gasteiger partial charge in [-0.05, 0) is 13.0 Å². The minimum Gasteiger partial charge on any atom is -0.425 e. The largest absolute Gasteiger partial charge is 0.425 e. The summed E-state index contributed by atoms with van der Waals surface area (Å²) in [6.45, 7) is 2.72. The van der Waals surface area contributed by atoms with Gasteiger partial charge in [-0.15, -0.1) is 0 Å². The molecule has 0 unspecified atom stereocenters. The van der Waals surface area contributed by atoms with Gasteiger partial charge in [0.25, 0.3) is 0 Å². The van der Waals surface area contributed by atoms with Crippen LogP contribution in [0.5, 0.6) is 5.75 Å². The van der Waals surface area contributed by atoms with Gasteiger partial charge in [0, 0.05) is 18.7 Å². The summed E-state index contributed by atoms with van der Waals surface area (Å²) in [6, 6.07) is 1.48. The topological polar surface area (TPSA) is 56.3 Å². The number of Topliss-reactive ketones (excluding diaryl/α,β-unsaturated/α-hetero) is 1. The Morgan fingerprint density at radius 2 is 2.00 bits per heavy atom. The summed E-state index contributed by atoms with van der Waals surface area (Å²) in [5.74, 6) is -0.246. The number of hydrogen-bond donors (Lipinski definition) is 0. The molecule has 1 heterocycles. The van der Waals surface area contributed by atoms with Crippen molar-refractivity contribution >= 4 is 11.8 Å². The molecule has 0 N–H and O–H groups in total. The molecule has 0 aromatic carbocycles. The molecule has 0 amide bonds. The van der Waals surface area contributed by atoms with Crippen LogP contribution in [0.2, 0.25) is 0 Å². The van der Waals surface area contributed by atoms with Gasteiger partial charge in [-0.1, -0.05) is 0 Å². The molecule has 0 aliphatic heterocycles. The molecular formula is C9H9NO3. The molecule has 13 heavy (non-hydrogen) atoms. The number of aromatic nitrogens is 1. The summed E-state index contributed by atoms with van der Waals surface area (Å²) < 4.78 is 4.75. The fraction of sp³-hybridized carbons (Fsp3) is 0.222. The Bertz CT molecular complexity index is 346. The van der Waals surface area contributed by atoms with Crippen molar-refractivity contribution in [2.45, 2.75) is 13.8 Å². The Hall–Kier alpha value is -1.71. The molecule has 0 spiro atoms. The predicted molar refractivity (Wildman–Crippen MR) is 45.6 cm³/mol. The van der Waals surface area contributed by atoms with E-state index < -0.39 is 5.97 Å². The Labute approximate surface area is 75.5 Å². The van der Waals surface area contributed by atoms with Crippen LogP contribution in [-0.2, 0) is 4.79 Å². The van der Waals surface area contributed by atoms with Crippen molar-refractivity contribution in [2.24, 2.45) is 0 Å². The molecule has 4 heteroatoms. The minimum absolute atomic E-state index is 0.110. The van der Waals surface area contributed by atoms with E-state index in [1.54, 1.807) is 0 Å². The van der Waals surface area contributed by atoms with Gasteiger partial charge in [-0.2, -0.15) is 0 Å². The SMILES string of the molecule is CC(=O)Oc1cncc(C(C)=O)c1. The maximum Gasteiger partial charge on any atom is 0.308 e. The zero-order valence-electron chi connectivity index (χ0n) is 7.40. The first kappa shape index (κ1) is 9.38. The van der Waals surface area contributed by atoms with Gasteiger partial charge in [0.05, 0.1) is 6.20 Å². The van der Waals surface area contributed by atoms with Gasteiger partial charge in [0.2, 0.25) is 0 Å². The number of ether oxygens (including phenoxy) is 1. The van der Waals surface area contributed by atoms with Crippen molar-refractivity contribution in [1.29, 1.82) is 0 Å². The third kappa shape index (κ3) is 2.66. The van der Waals surface area contributed by atoms with Crippen molar-refractivity contribution < 1.29 is 14.3 Å². The highest BCUT2D eigenvalue weighted by Gasteiger charge is 2.03. The van der Waals surface area contributed by atoms with Gasteiger partial charge in [0.1, 0.15) is 5.75 Å². The molecule has 0 saturated heterocycles. The minimum atomic E-state index is -0.428. The molecule has 1 aromatic heterocycles. The number of pyridine rings is 1. The van der Waals surface area contributed by atoms with Gasteiger partial charge in [-0.3, -0.25) is 14.6 Å². The third-order valence-corrected chi connectivity index (χ3v) is 1.38. The number of ketones is 1. The second-order valence-corrected chi connectivity index (χ2v) is 2.56. The van der Waals surface area contributed by atoms with Crippen molar-refractivity contribution in [3.8, 4) is 5.75 Å². The number of carbonyl (C=O) groups excluding carboxylic acids is 2. The monoisotopic (exact) mass is 179 g/mol. The normalized spacial score (nSPS) is 9.38. The number of hydrogen-bond acceptors (Lipinski definition) is 4. The number of rotatable bonds is 2. The lowest BCUT2D eigenvalue weighted by Gasteiger charge is -2.00. The van der Waals surface area contributed by atoms with Crippen LogP contribution in [0, 0.1) is 0 Å². The van der Waals surface area contributed by atoms with Gasteiger partial charge in [-0.25, -0.2) is 0 Å². The standard InChI is InChI=1S/C9H9NO3/c1-6(11)8-3-9(5-10-4-8)13-7(2)12/h3-5H,1-2H3. The zero-order chi connectivity index (χ0) is 9.84. The average molecular weight is 179 g/mol. The van der Waals surface area contributed by atoms with E-state index in [0.29, 0.717) is 11.3 Å². The van der Waals surface area contributed by atoms with Crippen LogP contribution >= 0.6 is 0 Å². The molecule has 1 rings (SSSR count). The third-order valence-electron chi connectivity index (χ3n) is 1.38. The predicted octanol–water partition coefficient (Wildman–Crippen LogP) is 1.21. The Balaban J connectivity index is 2.91. The average Bonchev–Trinajstić information content (AvgIpc) is 2.03. The van der Waals surface area contributed by atoms with E-state index in [1.807, 2.05) is 0 Å². The first-order valence-corrected chi connectivity index (χ1v) is 3.74. The van der Waals surface area contributed by atoms with Crippen LogP contribution in [0.15, 0.2) is 18.5 Å². The van der Waals surface area contributed by atoms with Crippen LogP contribution in [-0.4, -0.2) is 16.7 Å². The summed E-state index contributed by atoms with van der Waals surface area (Å²) in [6.07, 6.45) is 2.81. The molecule has 0 aliphatic rings. The molecule has 0 fully saturated rings. The smallest absolute Gasteiger partial charge is 0.308 e. The van der Waals surface area contributed by atoms with E-state index in [4.69, 9.17) is 4.74 Å². The summed E-state index contributed by atoms with van der Waals surface area (Å²) >= 11 is 0. The van der Waals surface area contributed by atoms with Crippen LogP contribution in [0.25, 0.3) is 0 Å². The number of nitrogens with zero attached hydrogens (tertiary/aromatic N) is 1. The summed E-state index contributed by atoms with van der Waals surface area (Å²) in [4.78, 5) is 25.2. The summed E-state index contributed by atoms with van der Waals surface area (Å²) in [5, 5.41) is 0. The number of carbonyl (C=O) groups is 2. The molecule has 1 aromatic rings. The maximum atomic E-state index is 10.9.